The summed E-state index contributed by atoms with van der Waals surface area (Å²) in [6, 6.07) is 0. The number of phosphoric ester groups is 1. The van der Waals surface area contributed by atoms with Gasteiger partial charge in [-0.25, -0.2) is 4.57 Å². The van der Waals surface area contributed by atoms with Crippen molar-refractivity contribution >= 4 is 19.8 Å². The average Bonchev–Trinajstić information content (AvgIpc) is 3.25. The summed E-state index contributed by atoms with van der Waals surface area (Å²) in [5, 5.41) is 0. The summed E-state index contributed by atoms with van der Waals surface area (Å²) in [7, 11) is 1.49. The van der Waals surface area contributed by atoms with E-state index in [9.17, 15) is 19.0 Å². The molecular formula is C54H107NO8P+. The summed E-state index contributed by atoms with van der Waals surface area (Å²) in [6.45, 7) is 4.48. The molecule has 9 nitrogen and oxygen atoms in total. The van der Waals surface area contributed by atoms with Crippen molar-refractivity contribution in [2.75, 3.05) is 47.5 Å². The summed E-state index contributed by atoms with van der Waals surface area (Å²) in [5.74, 6) is -0.783. The van der Waals surface area contributed by atoms with Gasteiger partial charge in [0.05, 0.1) is 27.7 Å². The van der Waals surface area contributed by atoms with Crippen LogP contribution in [-0.4, -0.2) is 74.9 Å². The number of rotatable bonds is 51. The van der Waals surface area contributed by atoms with Gasteiger partial charge >= 0.3 is 19.8 Å². The number of phosphoric acid groups is 1. The first-order valence-electron chi connectivity index (χ1n) is 27.4. The van der Waals surface area contributed by atoms with Crippen LogP contribution in [0, 0.1) is 0 Å². The Hall–Kier alpha value is -1.25. The highest BCUT2D eigenvalue weighted by Crippen LogP contribution is 2.43. The molecule has 0 aromatic heterocycles. The van der Waals surface area contributed by atoms with Crippen molar-refractivity contribution in [3.05, 3.63) is 12.2 Å². The number of hydrogen-bond acceptors (Lipinski definition) is 7. The number of quaternary nitrogens is 1. The highest BCUT2D eigenvalue weighted by molar-refractivity contribution is 7.47. The van der Waals surface area contributed by atoms with Crippen LogP contribution in [0.1, 0.15) is 271 Å². The van der Waals surface area contributed by atoms with Crippen LogP contribution in [0.25, 0.3) is 0 Å². The maximum atomic E-state index is 12.8. The number of esters is 2. The molecule has 0 aliphatic rings. The van der Waals surface area contributed by atoms with Gasteiger partial charge in [0.2, 0.25) is 0 Å². The molecule has 10 heteroatoms. The van der Waals surface area contributed by atoms with Crippen LogP contribution in [0.4, 0.5) is 0 Å². The molecule has 0 radical (unpaired) electrons. The highest BCUT2D eigenvalue weighted by Gasteiger charge is 2.27. The molecule has 0 aliphatic carbocycles. The van der Waals surface area contributed by atoms with Crippen molar-refractivity contribution in [3.63, 3.8) is 0 Å². The molecule has 2 atom stereocenters. The second-order valence-corrected chi connectivity index (χ2v) is 21.4. The molecule has 0 bridgehead atoms. The Morgan fingerprint density at radius 1 is 0.469 bits per heavy atom. The number of ether oxygens (including phenoxy) is 2. The Labute approximate surface area is 396 Å². The molecule has 0 rings (SSSR count). The zero-order valence-corrected chi connectivity index (χ0v) is 43.9. The van der Waals surface area contributed by atoms with Crippen LogP contribution in [0.2, 0.25) is 0 Å². The lowest BCUT2D eigenvalue weighted by atomic mass is 10.0. The minimum atomic E-state index is -4.38. The first-order valence-corrected chi connectivity index (χ1v) is 28.9. The summed E-state index contributed by atoms with van der Waals surface area (Å²) in [4.78, 5) is 35.6. The van der Waals surface area contributed by atoms with Crippen LogP contribution >= 0.6 is 7.82 Å². The zero-order chi connectivity index (χ0) is 47.1. The Morgan fingerprint density at radius 3 is 1.16 bits per heavy atom. The first kappa shape index (κ1) is 62.8. The quantitative estimate of drug-likeness (QED) is 0.0211. The number of nitrogens with zero attached hydrogens (tertiary/aromatic N) is 1. The molecule has 0 amide bonds. The lowest BCUT2D eigenvalue weighted by Crippen LogP contribution is -2.37. The van der Waals surface area contributed by atoms with Gasteiger partial charge in [0.25, 0.3) is 0 Å². The number of carbonyl (C=O) groups is 2. The van der Waals surface area contributed by atoms with E-state index in [0.29, 0.717) is 23.9 Å². The molecule has 0 aliphatic heterocycles. The van der Waals surface area contributed by atoms with E-state index in [0.717, 1.165) is 32.1 Å². The largest absolute Gasteiger partial charge is 0.472 e. The molecule has 0 saturated carbocycles. The molecule has 1 N–H and O–H groups in total. The maximum Gasteiger partial charge on any atom is 0.472 e. The van der Waals surface area contributed by atoms with Gasteiger partial charge in [-0.2, -0.15) is 0 Å². The highest BCUT2D eigenvalue weighted by atomic mass is 31.2. The summed E-state index contributed by atoms with van der Waals surface area (Å²) in [5.41, 5.74) is 0. The van der Waals surface area contributed by atoms with E-state index >= 15 is 0 Å². The first-order chi connectivity index (χ1) is 31.0. The Kier molecular flexibility index (Phi) is 45.9. The van der Waals surface area contributed by atoms with Gasteiger partial charge in [0, 0.05) is 12.8 Å². The fraction of sp³-hybridized carbons (Fsp3) is 0.926. The second-order valence-electron chi connectivity index (χ2n) is 20.0. The third kappa shape index (κ3) is 50.2. The number of allylic oxidation sites excluding steroid dienone is 2. The number of unbranched alkanes of at least 4 members (excludes halogenated alkanes) is 35. The van der Waals surface area contributed by atoms with Gasteiger partial charge in [0.1, 0.15) is 19.8 Å². The molecule has 64 heavy (non-hydrogen) atoms. The molecule has 0 aromatic carbocycles. The van der Waals surface area contributed by atoms with E-state index in [4.69, 9.17) is 18.5 Å². The molecule has 0 heterocycles. The van der Waals surface area contributed by atoms with Crippen molar-refractivity contribution in [1.82, 2.24) is 0 Å². The van der Waals surface area contributed by atoms with Gasteiger partial charge in [-0.1, -0.05) is 231 Å². The van der Waals surface area contributed by atoms with Crippen molar-refractivity contribution in [2.45, 2.75) is 277 Å². The van der Waals surface area contributed by atoms with E-state index < -0.39 is 26.5 Å². The van der Waals surface area contributed by atoms with Crippen LogP contribution in [0.15, 0.2) is 12.2 Å². The molecular weight excluding hydrogens is 822 g/mol. The van der Waals surface area contributed by atoms with E-state index in [1.165, 1.54) is 205 Å². The SMILES string of the molecule is CCCCCCCC/C=C\CCCCCCCCCCCC(=O)O[C@H](COC(=O)CCCCCCCCCCCCCCCCCCCCCCC)COP(=O)(O)OCC[N+](C)(C)C. The van der Waals surface area contributed by atoms with Crippen LogP contribution in [0.3, 0.4) is 0 Å². The molecule has 0 spiro atoms. The molecule has 0 fully saturated rings. The van der Waals surface area contributed by atoms with Crippen LogP contribution < -0.4 is 0 Å². The fourth-order valence-corrected chi connectivity index (χ4v) is 8.75. The van der Waals surface area contributed by atoms with E-state index in [1.807, 2.05) is 21.1 Å². The predicted octanol–water partition coefficient (Wildman–Crippen LogP) is 16.5. The molecule has 380 valence electrons. The summed E-state index contributed by atoms with van der Waals surface area (Å²) >= 11 is 0. The third-order valence-corrected chi connectivity index (χ3v) is 13.3. The standard InChI is InChI=1S/C54H106NO8P/c1-6-8-10-12-14-16-18-20-22-24-26-27-29-30-32-34-36-38-40-42-44-46-53(56)60-50-52(51-62-64(58,59)61-49-48-55(3,4)5)63-54(57)47-45-43-41-39-37-35-33-31-28-25-23-21-19-17-15-13-11-9-7-2/h21,23,52H,6-20,22,24-51H2,1-5H3/p+1/b23-21-/t52-/m1/s1. The van der Waals surface area contributed by atoms with Gasteiger partial charge in [-0.05, 0) is 38.5 Å². The number of likely N-dealkylation sites (N-methyl/N-ethyl adjacent to an activating group) is 1. The van der Waals surface area contributed by atoms with E-state index in [-0.39, 0.29) is 25.6 Å². The predicted molar refractivity (Wildman–Crippen MR) is 271 cm³/mol. The minimum absolute atomic E-state index is 0.0349. The zero-order valence-electron chi connectivity index (χ0n) is 43.0. The normalized spacial score (nSPS) is 13.4. The summed E-state index contributed by atoms with van der Waals surface area (Å²) < 4.78 is 34.5. The Morgan fingerprint density at radius 2 is 0.797 bits per heavy atom. The summed E-state index contributed by atoms with van der Waals surface area (Å²) in [6.07, 6.45) is 52.7. The van der Waals surface area contributed by atoms with E-state index in [2.05, 4.69) is 26.0 Å². The minimum Gasteiger partial charge on any atom is -0.462 e. The molecule has 0 aromatic rings. The number of hydrogen-bond donors (Lipinski definition) is 1. The average molecular weight is 929 g/mol. The molecule has 1 unspecified atom stereocenters. The lowest BCUT2D eigenvalue weighted by molar-refractivity contribution is -0.870. The Bertz CT molecular complexity index is 1100. The number of carbonyl (C=O) groups excluding carboxylic acids is 2. The van der Waals surface area contributed by atoms with Crippen molar-refractivity contribution in [3.8, 4) is 0 Å². The maximum absolute atomic E-state index is 12.8. The third-order valence-electron chi connectivity index (χ3n) is 12.3. The second kappa shape index (κ2) is 46.8. The monoisotopic (exact) mass is 929 g/mol. The topological polar surface area (TPSA) is 108 Å². The van der Waals surface area contributed by atoms with Crippen LogP contribution in [-0.2, 0) is 32.7 Å². The van der Waals surface area contributed by atoms with Crippen molar-refractivity contribution in [1.29, 1.82) is 0 Å². The van der Waals surface area contributed by atoms with Gasteiger partial charge in [-0.3, -0.25) is 18.6 Å². The van der Waals surface area contributed by atoms with Gasteiger partial charge in [0.15, 0.2) is 6.10 Å². The van der Waals surface area contributed by atoms with Crippen molar-refractivity contribution in [2.24, 2.45) is 0 Å². The van der Waals surface area contributed by atoms with E-state index in [1.54, 1.807) is 0 Å². The lowest BCUT2D eigenvalue weighted by Gasteiger charge is -2.24. The smallest absolute Gasteiger partial charge is 0.462 e. The van der Waals surface area contributed by atoms with Gasteiger partial charge in [-0.15, -0.1) is 0 Å². The fourth-order valence-electron chi connectivity index (χ4n) is 8.01. The van der Waals surface area contributed by atoms with Crippen molar-refractivity contribution < 1.29 is 42.1 Å². The Balaban J connectivity index is 4.17. The van der Waals surface area contributed by atoms with Gasteiger partial charge < -0.3 is 18.9 Å². The molecule has 0 saturated heterocycles. The van der Waals surface area contributed by atoms with Crippen LogP contribution in [0.5, 0.6) is 0 Å².